The van der Waals surface area contributed by atoms with Crippen molar-refractivity contribution in [1.82, 2.24) is 0 Å². The normalized spacial score (nSPS) is 37.7. The van der Waals surface area contributed by atoms with Crippen molar-refractivity contribution in [3.63, 3.8) is 0 Å². The minimum absolute atomic E-state index is 0.213. The van der Waals surface area contributed by atoms with Crippen molar-refractivity contribution in [2.45, 2.75) is 109 Å². The molecular weight excluding hydrogens is 388 g/mol. The molecule has 4 heteroatoms. The summed E-state index contributed by atoms with van der Waals surface area (Å²) in [6, 6.07) is 0. The monoisotopic (exact) mass is 432 g/mol. The van der Waals surface area contributed by atoms with Crippen LogP contribution in [0.1, 0.15) is 85.5 Å². The molecule has 3 fully saturated rings. The fraction of sp³-hybridized carbons (Fsp3) is 0.778. The summed E-state index contributed by atoms with van der Waals surface area (Å²) < 4.78 is 0. The Morgan fingerprint density at radius 2 is 1.87 bits per heavy atom. The van der Waals surface area contributed by atoms with E-state index in [0.29, 0.717) is 24.7 Å². The zero-order chi connectivity index (χ0) is 23.0. The van der Waals surface area contributed by atoms with E-state index in [1.807, 2.05) is 0 Å². The quantitative estimate of drug-likeness (QED) is 0.491. The van der Waals surface area contributed by atoms with E-state index in [2.05, 4.69) is 32.6 Å². The zero-order valence-electron chi connectivity index (χ0n) is 20.0. The van der Waals surface area contributed by atoms with Crippen molar-refractivity contribution in [3.05, 3.63) is 35.5 Å². The first-order valence-electron chi connectivity index (χ1n) is 12.3. The molecule has 0 bridgehead atoms. The highest BCUT2D eigenvalue weighted by Gasteiger charge is 2.51. The van der Waals surface area contributed by atoms with Crippen LogP contribution in [-0.4, -0.2) is 44.3 Å². The molecule has 4 nitrogen and oxygen atoms in total. The highest BCUT2D eigenvalue weighted by Crippen LogP contribution is 2.60. The molecule has 0 radical (unpaired) electrons. The molecule has 4 N–H and O–H groups in total. The van der Waals surface area contributed by atoms with Gasteiger partial charge in [0, 0.05) is 0 Å². The van der Waals surface area contributed by atoms with Gasteiger partial charge < -0.3 is 20.4 Å². The molecule has 3 aliphatic rings. The smallest absolute Gasteiger partial charge is 0.108 e. The Kier molecular flexibility index (Phi) is 7.57. The summed E-state index contributed by atoms with van der Waals surface area (Å²) >= 11 is 0. The van der Waals surface area contributed by atoms with Gasteiger partial charge in [-0.1, -0.05) is 43.7 Å². The third kappa shape index (κ3) is 5.35. The molecule has 0 aromatic rings. The first-order valence-corrected chi connectivity index (χ1v) is 12.3. The van der Waals surface area contributed by atoms with Crippen LogP contribution in [0.3, 0.4) is 0 Å². The second kappa shape index (κ2) is 9.51. The molecule has 0 amide bonds. The third-order valence-corrected chi connectivity index (χ3v) is 8.61. The van der Waals surface area contributed by atoms with Gasteiger partial charge in [0.1, 0.15) is 6.10 Å². The largest absolute Gasteiger partial charge is 0.393 e. The van der Waals surface area contributed by atoms with Gasteiger partial charge in [-0.05, 0) is 100 Å². The molecular formula is C27H44O4. The minimum Gasteiger partial charge on any atom is -0.393 e. The van der Waals surface area contributed by atoms with Gasteiger partial charge in [0.05, 0.1) is 17.8 Å². The van der Waals surface area contributed by atoms with Crippen LogP contribution in [-0.2, 0) is 0 Å². The van der Waals surface area contributed by atoms with Gasteiger partial charge in [-0.15, -0.1) is 0 Å². The van der Waals surface area contributed by atoms with Crippen LogP contribution in [0.25, 0.3) is 0 Å². The standard InChI is InChI=1S/C27H44O4/c1-17-8-11-21(28)16-20(17)10-9-19-7-6-14-27(5)22(12-13-23(19)27)18(2)15-24(29)25(30)26(3,4)31/h9-10,18,21-25,28-31H,1,6-8,11-16H2,2-5H3/b19-9+,20-10-/t18-,21+,22-,23+,24+,25?,27-/m1/s1. The Morgan fingerprint density at radius 3 is 2.55 bits per heavy atom. The number of fused-ring (bicyclic) bond motifs is 1. The lowest BCUT2D eigenvalue weighted by Crippen LogP contribution is -2.46. The molecule has 3 rings (SSSR count). The highest BCUT2D eigenvalue weighted by atomic mass is 16.4. The molecule has 0 aromatic heterocycles. The minimum atomic E-state index is -1.30. The Balaban J connectivity index is 1.72. The maximum atomic E-state index is 10.5. The first-order chi connectivity index (χ1) is 14.4. The summed E-state index contributed by atoms with van der Waals surface area (Å²) in [4.78, 5) is 0. The predicted molar refractivity (Wildman–Crippen MR) is 125 cm³/mol. The number of aliphatic hydroxyl groups excluding tert-OH is 3. The van der Waals surface area contributed by atoms with E-state index in [1.165, 1.54) is 30.4 Å². The summed E-state index contributed by atoms with van der Waals surface area (Å²) in [5.74, 6) is 1.35. The van der Waals surface area contributed by atoms with Crippen molar-refractivity contribution in [2.24, 2.45) is 23.2 Å². The van der Waals surface area contributed by atoms with Crippen molar-refractivity contribution in [2.75, 3.05) is 0 Å². The van der Waals surface area contributed by atoms with E-state index in [-0.39, 0.29) is 17.4 Å². The van der Waals surface area contributed by atoms with Crippen molar-refractivity contribution in [3.8, 4) is 0 Å². The van der Waals surface area contributed by atoms with Crippen LogP contribution >= 0.6 is 0 Å². The van der Waals surface area contributed by atoms with Gasteiger partial charge in [-0.2, -0.15) is 0 Å². The number of hydrogen-bond acceptors (Lipinski definition) is 4. The predicted octanol–water partition coefficient (Wildman–Crippen LogP) is 4.68. The molecule has 0 heterocycles. The topological polar surface area (TPSA) is 80.9 Å². The number of rotatable bonds is 6. The summed E-state index contributed by atoms with van der Waals surface area (Å²) in [5.41, 5.74) is 2.81. The molecule has 7 atom stereocenters. The average Bonchev–Trinajstić information content (AvgIpc) is 3.04. The Morgan fingerprint density at radius 1 is 1.16 bits per heavy atom. The van der Waals surface area contributed by atoms with Crippen molar-refractivity contribution in [1.29, 1.82) is 0 Å². The molecule has 1 unspecified atom stereocenters. The van der Waals surface area contributed by atoms with E-state index in [0.717, 1.165) is 31.3 Å². The molecule has 0 aliphatic heterocycles. The molecule has 176 valence electrons. The molecule has 31 heavy (non-hydrogen) atoms. The zero-order valence-corrected chi connectivity index (χ0v) is 20.0. The van der Waals surface area contributed by atoms with E-state index >= 15 is 0 Å². The van der Waals surface area contributed by atoms with Gasteiger partial charge in [-0.3, -0.25) is 0 Å². The lowest BCUT2D eigenvalue weighted by Gasteiger charge is -2.45. The number of hydrogen-bond donors (Lipinski definition) is 4. The lowest BCUT2D eigenvalue weighted by atomic mass is 9.60. The van der Waals surface area contributed by atoms with Crippen LogP contribution < -0.4 is 0 Å². The fourth-order valence-electron chi connectivity index (χ4n) is 6.75. The van der Waals surface area contributed by atoms with Crippen LogP contribution in [0.4, 0.5) is 0 Å². The second-order valence-electron chi connectivity index (χ2n) is 11.4. The maximum absolute atomic E-state index is 10.5. The molecule has 3 aliphatic carbocycles. The van der Waals surface area contributed by atoms with Crippen LogP contribution in [0.2, 0.25) is 0 Å². The van der Waals surface area contributed by atoms with E-state index in [1.54, 1.807) is 13.8 Å². The van der Waals surface area contributed by atoms with E-state index in [9.17, 15) is 20.4 Å². The average molecular weight is 433 g/mol. The third-order valence-electron chi connectivity index (χ3n) is 8.61. The van der Waals surface area contributed by atoms with Crippen LogP contribution in [0, 0.1) is 23.2 Å². The SMILES string of the molecule is C=C1CC[C@H](O)C/C1=C/C=C1\CCC[C@]2(C)[C@@H]([C@H](C)C[C@H](O)C(O)C(C)(C)O)CC[C@@H]12. The summed E-state index contributed by atoms with van der Waals surface area (Å²) in [6.07, 6.45) is 11.0. The van der Waals surface area contributed by atoms with Crippen LogP contribution in [0.15, 0.2) is 35.5 Å². The number of aliphatic hydroxyl groups is 4. The maximum Gasteiger partial charge on any atom is 0.108 e. The lowest BCUT2D eigenvalue weighted by molar-refractivity contribution is -0.113. The molecule has 0 aromatic carbocycles. The van der Waals surface area contributed by atoms with Crippen molar-refractivity contribution < 1.29 is 20.4 Å². The molecule has 0 spiro atoms. The summed E-state index contributed by atoms with van der Waals surface area (Å²) in [5, 5.41) is 40.9. The summed E-state index contributed by atoms with van der Waals surface area (Å²) in [7, 11) is 0. The second-order valence-corrected chi connectivity index (χ2v) is 11.4. The fourth-order valence-corrected chi connectivity index (χ4v) is 6.75. The Labute approximate surface area is 188 Å². The highest BCUT2D eigenvalue weighted by molar-refractivity contribution is 5.36. The van der Waals surface area contributed by atoms with Gasteiger partial charge in [0.25, 0.3) is 0 Å². The molecule has 3 saturated carbocycles. The van der Waals surface area contributed by atoms with Gasteiger partial charge in [0.2, 0.25) is 0 Å². The van der Waals surface area contributed by atoms with Gasteiger partial charge >= 0.3 is 0 Å². The Hall–Kier alpha value is -0.940. The molecule has 0 saturated heterocycles. The first kappa shape index (κ1) is 24.7. The van der Waals surface area contributed by atoms with Crippen molar-refractivity contribution >= 4 is 0 Å². The Bertz CT molecular complexity index is 715. The number of allylic oxidation sites excluding steroid dienone is 4. The van der Waals surface area contributed by atoms with Gasteiger partial charge in [0.15, 0.2) is 0 Å². The van der Waals surface area contributed by atoms with Gasteiger partial charge in [-0.25, -0.2) is 0 Å². The van der Waals surface area contributed by atoms with E-state index < -0.39 is 17.8 Å². The van der Waals surface area contributed by atoms with E-state index in [4.69, 9.17) is 0 Å². The summed E-state index contributed by atoms with van der Waals surface area (Å²) in [6.45, 7) is 11.9. The van der Waals surface area contributed by atoms with Crippen LogP contribution in [0.5, 0.6) is 0 Å².